The standard InChI is InChI=1S/C19H38O4/c1-5-8-11-12-13-14-18(21-15-9-6-2)19(23-17-20-4)22-16-10-7-3/h5-17H2,1-4H3/b19-18-. The van der Waals surface area contributed by atoms with Crippen LogP contribution in [-0.4, -0.2) is 27.1 Å². The highest BCUT2D eigenvalue weighted by atomic mass is 16.7. The molecule has 0 saturated carbocycles. The van der Waals surface area contributed by atoms with E-state index in [4.69, 9.17) is 18.9 Å². The minimum absolute atomic E-state index is 0.192. The molecule has 4 nitrogen and oxygen atoms in total. The van der Waals surface area contributed by atoms with Gasteiger partial charge in [-0.3, -0.25) is 0 Å². The Hall–Kier alpha value is -0.900. The number of ether oxygens (including phenoxy) is 4. The molecule has 0 atom stereocenters. The molecule has 0 bridgehead atoms. The lowest BCUT2D eigenvalue weighted by atomic mass is 10.1. The summed E-state index contributed by atoms with van der Waals surface area (Å²) in [5, 5.41) is 0. The van der Waals surface area contributed by atoms with Gasteiger partial charge in [0.1, 0.15) is 0 Å². The summed E-state index contributed by atoms with van der Waals surface area (Å²) < 4.78 is 22.4. The predicted molar refractivity (Wildman–Crippen MR) is 95.1 cm³/mol. The van der Waals surface area contributed by atoms with Crippen LogP contribution >= 0.6 is 0 Å². The first kappa shape index (κ1) is 22.1. The quantitative estimate of drug-likeness (QED) is 0.193. The molecule has 0 aromatic carbocycles. The molecular weight excluding hydrogens is 292 g/mol. The largest absolute Gasteiger partial charge is 0.491 e. The first-order chi connectivity index (χ1) is 11.3. The van der Waals surface area contributed by atoms with Crippen molar-refractivity contribution in [3.63, 3.8) is 0 Å². The molecule has 138 valence electrons. The predicted octanol–water partition coefficient (Wildman–Crippen LogP) is 5.77. The summed E-state index contributed by atoms with van der Waals surface area (Å²) in [5.74, 6) is 1.37. The van der Waals surface area contributed by atoms with Crippen molar-refractivity contribution in [2.75, 3.05) is 27.1 Å². The molecule has 0 aromatic rings. The zero-order valence-electron chi connectivity index (χ0n) is 15.8. The van der Waals surface area contributed by atoms with Crippen molar-refractivity contribution in [2.45, 2.75) is 85.0 Å². The van der Waals surface area contributed by atoms with E-state index < -0.39 is 0 Å². The molecule has 0 amide bonds. The van der Waals surface area contributed by atoms with Crippen LogP contribution in [0.15, 0.2) is 11.7 Å². The molecule has 0 unspecified atom stereocenters. The summed E-state index contributed by atoms with van der Waals surface area (Å²) in [7, 11) is 1.62. The van der Waals surface area contributed by atoms with Gasteiger partial charge in [0, 0.05) is 13.5 Å². The third-order valence-electron chi connectivity index (χ3n) is 3.55. The van der Waals surface area contributed by atoms with Gasteiger partial charge in [-0.05, 0) is 19.3 Å². The molecule has 0 aliphatic heterocycles. The second kappa shape index (κ2) is 17.5. The molecule has 0 heterocycles. The number of allylic oxidation sites excluding steroid dienone is 1. The molecular formula is C19H38O4. The van der Waals surface area contributed by atoms with E-state index >= 15 is 0 Å². The normalized spacial score (nSPS) is 12.0. The number of unbranched alkanes of at least 4 members (excludes halogenated alkanes) is 6. The summed E-state index contributed by atoms with van der Waals surface area (Å²) in [4.78, 5) is 0. The molecule has 23 heavy (non-hydrogen) atoms. The Balaban J connectivity index is 4.61. The van der Waals surface area contributed by atoms with Crippen molar-refractivity contribution < 1.29 is 18.9 Å². The van der Waals surface area contributed by atoms with Gasteiger partial charge < -0.3 is 18.9 Å². The molecule has 0 spiro atoms. The topological polar surface area (TPSA) is 36.9 Å². The van der Waals surface area contributed by atoms with Crippen molar-refractivity contribution in [3.8, 4) is 0 Å². The zero-order valence-corrected chi connectivity index (χ0v) is 15.8. The fourth-order valence-corrected chi connectivity index (χ4v) is 2.09. The third kappa shape index (κ3) is 13.3. The van der Waals surface area contributed by atoms with E-state index in [-0.39, 0.29) is 6.79 Å². The minimum atomic E-state index is 0.192. The van der Waals surface area contributed by atoms with E-state index in [1.807, 2.05) is 0 Å². The highest BCUT2D eigenvalue weighted by Gasteiger charge is 2.12. The maximum Gasteiger partial charge on any atom is 0.321 e. The van der Waals surface area contributed by atoms with Gasteiger partial charge in [0.15, 0.2) is 12.6 Å². The molecule has 0 aliphatic rings. The van der Waals surface area contributed by atoms with Crippen LogP contribution in [0.2, 0.25) is 0 Å². The van der Waals surface area contributed by atoms with E-state index in [1.165, 1.54) is 25.7 Å². The maximum absolute atomic E-state index is 5.95. The zero-order chi connectivity index (χ0) is 17.2. The highest BCUT2D eigenvalue weighted by Crippen LogP contribution is 2.19. The van der Waals surface area contributed by atoms with E-state index in [2.05, 4.69) is 20.8 Å². The average Bonchev–Trinajstić information content (AvgIpc) is 2.56. The lowest BCUT2D eigenvalue weighted by Crippen LogP contribution is -2.09. The number of hydrogen-bond acceptors (Lipinski definition) is 4. The summed E-state index contributed by atoms with van der Waals surface area (Å²) in [5.41, 5.74) is 0. The van der Waals surface area contributed by atoms with Crippen molar-refractivity contribution in [1.29, 1.82) is 0 Å². The fraction of sp³-hybridized carbons (Fsp3) is 0.895. The van der Waals surface area contributed by atoms with Crippen molar-refractivity contribution in [1.82, 2.24) is 0 Å². The van der Waals surface area contributed by atoms with Crippen LogP contribution in [0.4, 0.5) is 0 Å². The number of hydrogen-bond donors (Lipinski definition) is 0. The Labute approximate surface area is 143 Å². The van der Waals surface area contributed by atoms with Crippen LogP contribution < -0.4 is 0 Å². The van der Waals surface area contributed by atoms with Crippen molar-refractivity contribution in [2.24, 2.45) is 0 Å². The van der Waals surface area contributed by atoms with Gasteiger partial charge >= 0.3 is 5.95 Å². The second-order valence-electron chi connectivity index (χ2n) is 5.83. The lowest BCUT2D eigenvalue weighted by molar-refractivity contribution is -0.0690. The van der Waals surface area contributed by atoms with Crippen LogP contribution in [0.1, 0.15) is 85.0 Å². The number of methoxy groups -OCH3 is 1. The van der Waals surface area contributed by atoms with Crippen LogP contribution in [0, 0.1) is 0 Å². The van der Waals surface area contributed by atoms with Gasteiger partial charge in [-0.2, -0.15) is 0 Å². The van der Waals surface area contributed by atoms with Crippen molar-refractivity contribution >= 4 is 0 Å². The van der Waals surface area contributed by atoms with Crippen LogP contribution in [0.5, 0.6) is 0 Å². The minimum Gasteiger partial charge on any atom is -0.491 e. The van der Waals surface area contributed by atoms with E-state index in [0.717, 1.165) is 50.9 Å². The van der Waals surface area contributed by atoms with Crippen LogP contribution in [-0.2, 0) is 18.9 Å². The molecule has 0 radical (unpaired) electrons. The van der Waals surface area contributed by atoms with E-state index in [0.29, 0.717) is 12.6 Å². The first-order valence-electron chi connectivity index (χ1n) is 9.40. The fourth-order valence-electron chi connectivity index (χ4n) is 2.09. The first-order valence-corrected chi connectivity index (χ1v) is 9.40. The summed E-state index contributed by atoms with van der Waals surface area (Å²) in [6, 6.07) is 0. The monoisotopic (exact) mass is 330 g/mol. The lowest BCUT2D eigenvalue weighted by Gasteiger charge is -2.17. The van der Waals surface area contributed by atoms with E-state index in [1.54, 1.807) is 7.11 Å². The molecule has 0 fully saturated rings. The average molecular weight is 331 g/mol. The Kier molecular flexibility index (Phi) is 16.8. The SMILES string of the molecule is CCCCCCC/C(OCCCC)=C(\OCCCC)OCOC. The van der Waals surface area contributed by atoms with Gasteiger partial charge in [-0.1, -0.05) is 59.3 Å². The smallest absolute Gasteiger partial charge is 0.321 e. The molecule has 4 heteroatoms. The van der Waals surface area contributed by atoms with Gasteiger partial charge in [0.2, 0.25) is 0 Å². The molecule has 0 rings (SSSR count). The molecule has 0 N–H and O–H groups in total. The highest BCUT2D eigenvalue weighted by molar-refractivity contribution is 4.95. The van der Waals surface area contributed by atoms with Gasteiger partial charge in [0.25, 0.3) is 0 Å². The van der Waals surface area contributed by atoms with Gasteiger partial charge in [0.05, 0.1) is 13.2 Å². The van der Waals surface area contributed by atoms with Crippen molar-refractivity contribution in [3.05, 3.63) is 11.7 Å². The maximum atomic E-state index is 5.95. The second-order valence-corrected chi connectivity index (χ2v) is 5.83. The Bertz CT molecular complexity index is 277. The summed E-state index contributed by atoms with van der Waals surface area (Å²) in [6.45, 7) is 8.12. The Morgan fingerprint density at radius 2 is 1.26 bits per heavy atom. The molecule has 0 saturated heterocycles. The molecule has 0 aliphatic carbocycles. The Morgan fingerprint density at radius 1 is 0.652 bits per heavy atom. The van der Waals surface area contributed by atoms with Gasteiger partial charge in [-0.15, -0.1) is 0 Å². The van der Waals surface area contributed by atoms with Gasteiger partial charge in [-0.25, -0.2) is 0 Å². The summed E-state index contributed by atoms with van der Waals surface area (Å²) in [6.07, 6.45) is 11.3. The van der Waals surface area contributed by atoms with E-state index in [9.17, 15) is 0 Å². The van der Waals surface area contributed by atoms with Crippen LogP contribution in [0.3, 0.4) is 0 Å². The van der Waals surface area contributed by atoms with Crippen LogP contribution in [0.25, 0.3) is 0 Å². The third-order valence-corrected chi connectivity index (χ3v) is 3.55. The number of rotatable bonds is 17. The Morgan fingerprint density at radius 3 is 1.87 bits per heavy atom. The summed E-state index contributed by atoms with van der Waals surface area (Å²) >= 11 is 0. The molecule has 0 aromatic heterocycles.